The molecule has 3 rings (SSSR count). The summed E-state index contributed by atoms with van der Waals surface area (Å²) >= 11 is 0. The second-order valence-corrected chi connectivity index (χ2v) is 6.96. The van der Waals surface area contributed by atoms with Crippen LogP contribution in [0, 0.1) is 5.92 Å². The number of carbonyl (C=O) groups is 2. The molecule has 1 aliphatic heterocycles. The van der Waals surface area contributed by atoms with Crippen LogP contribution in [0.4, 0.5) is 11.4 Å². The van der Waals surface area contributed by atoms with Crippen molar-refractivity contribution in [3.63, 3.8) is 0 Å². The molecule has 1 fully saturated rings. The number of amides is 2. The fraction of sp³-hybridized carbons (Fsp3) is 0.364. The molecule has 0 aromatic heterocycles. The van der Waals surface area contributed by atoms with E-state index in [1.54, 1.807) is 9.80 Å². The Bertz CT molecular complexity index is 804. The van der Waals surface area contributed by atoms with Gasteiger partial charge in [-0.2, -0.15) is 0 Å². The van der Waals surface area contributed by atoms with Gasteiger partial charge in [-0.3, -0.25) is 9.59 Å². The first-order chi connectivity index (χ1) is 13.0. The van der Waals surface area contributed by atoms with Crippen molar-refractivity contribution in [3.05, 3.63) is 54.6 Å². The monoisotopic (exact) mass is 366 g/mol. The molecule has 1 unspecified atom stereocenters. The van der Waals surface area contributed by atoms with Crippen molar-refractivity contribution in [2.24, 2.45) is 5.92 Å². The molecule has 0 aliphatic carbocycles. The summed E-state index contributed by atoms with van der Waals surface area (Å²) in [6.45, 7) is 6.80. The summed E-state index contributed by atoms with van der Waals surface area (Å²) in [6.07, 6.45) is 0.230. The van der Waals surface area contributed by atoms with Gasteiger partial charge >= 0.3 is 0 Å². The van der Waals surface area contributed by atoms with E-state index >= 15 is 0 Å². The van der Waals surface area contributed by atoms with Crippen LogP contribution in [0.1, 0.15) is 27.2 Å². The van der Waals surface area contributed by atoms with Crippen molar-refractivity contribution in [1.29, 1.82) is 0 Å². The van der Waals surface area contributed by atoms with E-state index in [2.05, 4.69) is 0 Å². The minimum absolute atomic E-state index is 0.00921. The Morgan fingerprint density at radius 3 is 2.48 bits per heavy atom. The maximum atomic E-state index is 13.1. The number of rotatable bonds is 6. The topological polar surface area (TPSA) is 49.9 Å². The van der Waals surface area contributed by atoms with Crippen LogP contribution in [0.15, 0.2) is 54.6 Å². The molecule has 2 amide bonds. The highest BCUT2D eigenvalue weighted by atomic mass is 16.5. The van der Waals surface area contributed by atoms with Crippen LogP contribution < -0.4 is 14.5 Å². The summed E-state index contributed by atoms with van der Waals surface area (Å²) in [5.41, 5.74) is 1.59. The van der Waals surface area contributed by atoms with Crippen molar-refractivity contribution in [1.82, 2.24) is 0 Å². The zero-order chi connectivity index (χ0) is 19.4. The largest absolute Gasteiger partial charge is 0.489 e. The average Bonchev–Trinajstić information content (AvgIpc) is 3.05. The van der Waals surface area contributed by atoms with Crippen LogP contribution in [0.3, 0.4) is 0 Å². The van der Waals surface area contributed by atoms with Crippen LogP contribution >= 0.6 is 0 Å². The molecule has 5 nitrogen and oxygen atoms in total. The van der Waals surface area contributed by atoms with E-state index in [0.717, 1.165) is 11.4 Å². The van der Waals surface area contributed by atoms with Gasteiger partial charge in [-0.15, -0.1) is 0 Å². The molecule has 0 radical (unpaired) electrons. The van der Waals surface area contributed by atoms with Crippen molar-refractivity contribution in [2.45, 2.75) is 33.3 Å². The Hall–Kier alpha value is -2.82. The van der Waals surface area contributed by atoms with Gasteiger partial charge in [-0.05, 0) is 45.0 Å². The third-order valence-electron chi connectivity index (χ3n) is 4.64. The van der Waals surface area contributed by atoms with Gasteiger partial charge in [0.25, 0.3) is 0 Å². The SMILES string of the molecule is CCN(C(=O)C1CC(=O)N(c2ccccc2OC(C)C)C1)c1ccccc1. The second-order valence-electron chi connectivity index (χ2n) is 6.96. The van der Waals surface area contributed by atoms with Gasteiger partial charge < -0.3 is 14.5 Å². The minimum atomic E-state index is -0.357. The first-order valence-electron chi connectivity index (χ1n) is 9.43. The molecule has 1 saturated heterocycles. The highest BCUT2D eigenvalue weighted by Gasteiger charge is 2.38. The van der Waals surface area contributed by atoms with Crippen molar-refractivity contribution in [3.8, 4) is 5.75 Å². The quantitative estimate of drug-likeness (QED) is 0.780. The average molecular weight is 366 g/mol. The van der Waals surface area contributed by atoms with Crippen LogP contribution in [0.2, 0.25) is 0 Å². The molecular formula is C22H26N2O3. The van der Waals surface area contributed by atoms with E-state index in [0.29, 0.717) is 18.8 Å². The second kappa shape index (κ2) is 8.25. The predicted octanol–water partition coefficient (Wildman–Crippen LogP) is 3.88. The minimum Gasteiger partial charge on any atom is -0.489 e. The maximum Gasteiger partial charge on any atom is 0.232 e. The van der Waals surface area contributed by atoms with Crippen molar-refractivity contribution < 1.29 is 14.3 Å². The Morgan fingerprint density at radius 2 is 1.81 bits per heavy atom. The number of hydrogen-bond donors (Lipinski definition) is 0. The third-order valence-corrected chi connectivity index (χ3v) is 4.64. The molecule has 142 valence electrons. The summed E-state index contributed by atoms with van der Waals surface area (Å²) in [5, 5.41) is 0. The number of para-hydroxylation sites is 3. The van der Waals surface area contributed by atoms with E-state index in [4.69, 9.17) is 4.74 Å². The highest BCUT2D eigenvalue weighted by molar-refractivity contribution is 6.05. The summed E-state index contributed by atoms with van der Waals surface area (Å²) in [6, 6.07) is 17.1. The predicted molar refractivity (Wildman–Crippen MR) is 107 cm³/mol. The highest BCUT2D eigenvalue weighted by Crippen LogP contribution is 2.34. The molecule has 2 aromatic carbocycles. The van der Waals surface area contributed by atoms with Gasteiger partial charge in [0, 0.05) is 25.2 Å². The van der Waals surface area contributed by atoms with E-state index in [9.17, 15) is 9.59 Å². The Morgan fingerprint density at radius 1 is 1.15 bits per heavy atom. The van der Waals surface area contributed by atoms with Gasteiger partial charge in [-0.1, -0.05) is 30.3 Å². The standard InChI is InChI=1S/C22H26N2O3/c1-4-23(18-10-6-5-7-11-18)22(26)17-14-21(25)24(15-17)19-12-8-9-13-20(19)27-16(2)3/h5-13,16-17H,4,14-15H2,1-3H3. The molecule has 2 aromatic rings. The Kier molecular flexibility index (Phi) is 5.79. The fourth-order valence-corrected chi connectivity index (χ4v) is 3.43. The van der Waals surface area contributed by atoms with Gasteiger partial charge in [0.15, 0.2) is 0 Å². The van der Waals surface area contributed by atoms with Gasteiger partial charge in [0.05, 0.1) is 17.7 Å². The zero-order valence-electron chi connectivity index (χ0n) is 16.1. The van der Waals surface area contributed by atoms with Crippen molar-refractivity contribution in [2.75, 3.05) is 22.9 Å². The van der Waals surface area contributed by atoms with E-state index in [1.165, 1.54) is 0 Å². The molecule has 0 N–H and O–H groups in total. The normalized spacial score (nSPS) is 16.7. The van der Waals surface area contributed by atoms with E-state index in [1.807, 2.05) is 75.4 Å². The smallest absolute Gasteiger partial charge is 0.232 e. The van der Waals surface area contributed by atoms with Crippen LogP contribution in [0.25, 0.3) is 0 Å². The summed E-state index contributed by atoms with van der Waals surface area (Å²) in [7, 11) is 0. The zero-order valence-corrected chi connectivity index (χ0v) is 16.1. The maximum absolute atomic E-state index is 13.1. The van der Waals surface area contributed by atoms with E-state index < -0.39 is 0 Å². The first-order valence-corrected chi connectivity index (χ1v) is 9.43. The molecule has 1 aliphatic rings. The number of hydrogen-bond acceptors (Lipinski definition) is 3. The molecule has 1 atom stereocenters. The lowest BCUT2D eigenvalue weighted by Gasteiger charge is -2.25. The number of nitrogens with zero attached hydrogens (tertiary/aromatic N) is 2. The van der Waals surface area contributed by atoms with Crippen molar-refractivity contribution >= 4 is 23.2 Å². The fourth-order valence-electron chi connectivity index (χ4n) is 3.43. The molecule has 1 heterocycles. The number of ether oxygens (including phenoxy) is 1. The summed E-state index contributed by atoms with van der Waals surface area (Å²) < 4.78 is 5.85. The lowest BCUT2D eigenvalue weighted by molar-refractivity contribution is -0.124. The van der Waals surface area contributed by atoms with Gasteiger partial charge in [0.1, 0.15) is 5.75 Å². The first kappa shape index (κ1) is 19.0. The number of benzene rings is 2. The van der Waals surface area contributed by atoms with Gasteiger partial charge in [0.2, 0.25) is 11.8 Å². The number of anilines is 2. The Labute approximate surface area is 160 Å². The number of carbonyl (C=O) groups excluding carboxylic acids is 2. The molecule has 27 heavy (non-hydrogen) atoms. The summed E-state index contributed by atoms with van der Waals surface area (Å²) in [4.78, 5) is 29.2. The van der Waals surface area contributed by atoms with Gasteiger partial charge in [-0.25, -0.2) is 0 Å². The molecular weight excluding hydrogens is 340 g/mol. The molecule has 0 saturated carbocycles. The van der Waals surface area contributed by atoms with E-state index in [-0.39, 0.29) is 30.3 Å². The molecule has 5 heteroatoms. The third kappa shape index (κ3) is 4.13. The lowest BCUT2D eigenvalue weighted by Crippen LogP contribution is -2.37. The molecule has 0 spiro atoms. The van der Waals surface area contributed by atoms with Crippen LogP contribution in [0.5, 0.6) is 5.75 Å². The lowest BCUT2D eigenvalue weighted by atomic mass is 10.1. The summed E-state index contributed by atoms with van der Waals surface area (Å²) in [5.74, 6) is 0.258. The molecule has 0 bridgehead atoms. The van der Waals surface area contributed by atoms with Crippen LogP contribution in [-0.4, -0.2) is 31.0 Å². The Balaban J connectivity index is 1.80. The van der Waals surface area contributed by atoms with Crippen LogP contribution in [-0.2, 0) is 9.59 Å².